The molecule has 0 saturated heterocycles. The lowest BCUT2D eigenvalue weighted by Gasteiger charge is -2.32. The molecule has 1 aliphatic carbocycles. The third kappa shape index (κ3) is 4.51. The van der Waals surface area contributed by atoms with Crippen molar-refractivity contribution in [3.05, 3.63) is 0 Å². The fourth-order valence-electron chi connectivity index (χ4n) is 1.83. The molecule has 0 aromatic heterocycles. The number of nitrogens with two attached hydrogens (primary N) is 1. The fourth-order valence-corrected chi connectivity index (χ4v) is 1.83. The van der Waals surface area contributed by atoms with E-state index in [0.717, 1.165) is 25.7 Å². The molecule has 0 radical (unpaired) electrons. The Hall–Kier alpha value is -0.770. The van der Waals surface area contributed by atoms with E-state index in [1.165, 1.54) is 6.42 Å². The molecule has 2 N–H and O–H groups in total. The summed E-state index contributed by atoms with van der Waals surface area (Å²) in [7, 11) is 0. The van der Waals surface area contributed by atoms with E-state index in [9.17, 15) is 4.79 Å². The quantitative estimate of drug-likeness (QED) is 0.733. The summed E-state index contributed by atoms with van der Waals surface area (Å²) < 4.78 is 9.88. The van der Waals surface area contributed by atoms with Gasteiger partial charge in [0.1, 0.15) is 6.61 Å². The van der Waals surface area contributed by atoms with Crippen LogP contribution in [0.1, 0.15) is 46.0 Å². The lowest BCUT2D eigenvalue weighted by atomic mass is 9.83. The van der Waals surface area contributed by atoms with Crippen molar-refractivity contribution in [2.45, 2.75) is 57.6 Å². The topological polar surface area (TPSA) is 61.5 Å². The maximum atomic E-state index is 11.1. The Balaban J connectivity index is 2.25. The molecule has 4 heteroatoms. The Morgan fingerprint density at radius 2 is 1.93 bits per heavy atom. The van der Waals surface area contributed by atoms with E-state index in [4.69, 9.17) is 15.2 Å². The van der Waals surface area contributed by atoms with Crippen molar-refractivity contribution in [1.29, 1.82) is 0 Å². The first kappa shape index (κ1) is 12.3. The molecule has 0 spiro atoms. The number of carbonyl (C=O) groups excluding carboxylic acids is 1. The van der Waals surface area contributed by atoms with Crippen LogP contribution in [0.5, 0.6) is 0 Å². The number of hydrogen-bond acceptors (Lipinski definition) is 4. The first-order valence-electron chi connectivity index (χ1n) is 5.64. The van der Waals surface area contributed by atoms with Gasteiger partial charge in [-0.2, -0.15) is 0 Å². The van der Waals surface area contributed by atoms with Gasteiger partial charge in [-0.1, -0.05) is 19.3 Å². The summed E-state index contributed by atoms with van der Waals surface area (Å²) in [5.74, 6) is 0. The van der Waals surface area contributed by atoms with Crippen LogP contribution in [0, 0.1) is 0 Å². The van der Waals surface area contributed by atoms with Gasteiger partial charge >= 0.3 is 6.16 Å². The number of ether oxygens (including phenoxy) is 2. The van der Waals surface area contributed by atoms with Gasteiger partial charge in [0, 0.05) is 0 Å². The lowest BCUT2D eigenvalue weighted by Crippen LogP contribution is -2.46. The molecule has 4 nitrogen and oxygen atoms in total. The standard InChI is InChI=1S/C11H21NO3/c1-9(2)15-10(13)14-8-11(12)6-4-3-5-7-11/h9H,3-8,12H2,1-2H3. The lowest BCUT2D eigenvalue weighted by molar-refractivity contribution is 0.0165. The third-order valence-electron chi connectivity index (χ3n) is 2.66. The molecule has 1 fully saturated rings. The third-order valence-corrected chi connectivity index (χ3v) is 2.66. The molecule has 0 atom stereocenters. The predicted molar refractivity (Wildman–Crippen MR) is 57.6 cm³/mol. The highest BCUT2D eigenvalue weighted by Gasteiger charge is 2.29. The maximum absolute atomic E-state index is 11.1. The number of rotatable bonds is 3. The Morgan fingerprint density at radius 3 is 2.47 bits per heavy atom. The second kappa shape index (κ2) is 5.35. The molecule has 0 heterocycles. The molecular weight excluding hydrogens is 194 g/mol. The summed E-state index contributed by atoms with van der Waals surface area (Å²) in [5, 5.41) is 0. The zero-order valence-corrected chi connectivity index (χ0v) is 9.62. The van der Waals surface area contributed by atoms with Gasteiger partial charge < -0.3 is 15.2 Å². The van der Waals surface area contributed by atoms with E-state index in [2.05, 4.69) is 0 Å². The molecular formula is C11H21NO3. The van der Waals surface area contributed by atoms with Crippen LogP contribution >= 0.6 is 0 Å². The van der Waals surface area contributed by atoms with Crippen molar-refractivity contribution in [2.75, 3.05) is 6.61 Å². The monoisotopic (exact) mass is 215 g/mol. The molecule has 88 valence electrons. The van der Waals surface area contributed by atoms with Crippen molar-refractivity contribution in [1.82, 2.24) is 0 Å². The molecule has 0 aromatic carbocycles. The number of carbonyl (C=O) groups is 1. The van der Waals surface area contributed by atoms with Gasteiger partial charge in [0.25, 0.3) is 0 Å². The van der Waals surface area contributed by atoms with Gasteiger partial charge in [0.15, 0.2) is 0 Å². The highest BCUT2D eigenvalue weighted by atomic mass is 16.7. The second-order valence-electron chi connectivity index (χ2n) is 4.63. The Bertz CT molecular complexity index is 210. The van der Waals surface area contributed by atoms with Gasteiger partial charge in [-0.25, -0.2) is 4.79 Å². The molecule has 1 rings (SSSR count). The molecule has 0 aromatic rings. The summed E-state index contributed by atoms with van der Waals surface area (Å²) >= 11 is 0. The van der Waals surface area contributed by atoms with Crippen LogP contribution in [0.3, 0.4) is 0 Å². The molecule has 0 unspecified atom stereocenters. The number of hydrogen-bond donors (Lipinski definition) is 1. The van der Waals surface area contributed by atoms with Crippen LogP contribution < -0.4 is 5.73 Å². The Labute approximate surface area is 91.1 Å². The smallest absolute Gasteiger partial charge is 0.432 e. The largest absolute Gasteiger partial charge is 0.508 e. The molecule has 15 heavy (non-hydrogen) atoms. The van der Waals surface area contributed by atoms with Crippen molar-refractivity contribution < 1.29 is 14.3 Å². The van der Waals surface area contributed by atoms with Gasteiger partial charge in [0.05, 0.1) is 11.6 Å². The summed E-state index contributed by atoms with van der Waals surface area (Å²) in [6, 6.07) is 0. The molecule has 1 aliphatic rings. The van der Waals surface area contributed by atoms with E-state index in [1.54, 1.807) is 13.8 Å². The van der Waals surface area contributed by atoms with Gasteiger partial charge in [-0.15, -0.1) is 0 Å². The Morgan fingerprint density at radius 1 is 1.33 bits per heavy atom. The zero-order chi connectivity index (χ0) is 11.3. The normalized spacial score (nSPS) is 20.0. The predicted octanol–water partition coefficient (Wildman–Crippen LogP) is 2.21. The summed E-state index contributed by atoms with van der Waals surface area (Å²) in [5.41, 5.74) is 5.78. The van der Waals surface area contributed by atoms with Crippen LogP contribution in [0.15, 0.2) is 0 Å². The average Bonchev–Trinajstić information content (AvgIpc) is 2.15. The average molecular weight is 215 g/mol. The van der Waals surface area contributed by atoms with Crippen LogP contribution in [-0.4, -0.2) is 24.4 Å². The summed E-state index contributed by atoms with van der Waals surface area (Å²) in [6.07, 6.45) is 4.59. The van der Waals surface area contributed by atoms with E-state index in [-0.39, 0.29) is 18.2 Å². The molecule has 1 saturated carbocycles. The summed E-state index contributed by atoms with van der Waals surface area (Å²) in [4.78, 5) is 11.1. The first-order chi connectivity index (χ1) is 7.02. The second-order valence-corrected chi connectivity index (χ2v) is 4.63. The van der Waals surface area contributed by atoms with Crippen LogP contribution in [-0.2, 0) is 9.47 Å². The van der Waals surface area contributed by atoms with Crippen LogP contribution in [0.2, 0.25) is 0 Å². The van der Waals surface area contributed by atoms with Crippen LogP contribution in [0.25, 0.3) is 0 Å². The zero-order valence-electron chi connectivity index (χ0n) is 9.62. The molecule has 0 amide bonds. The van der Waals surface area contributed by atoms with E-state index < -0.39 is 6.16 Å². The van der Waals surface area contributed by atoms with Crippen molar-refractivity contribution in [2.24, 2.45) is 5.73 Å². The minimum Gasteiger partial charge on any atom is -0.432 e. The maximum Gasteiger partial charge on any atom is 0.508 e. The van der Waals surface area contributed by atoms with E-state index >= 15 is 0 Å². The minimum absolute atomic E-state index is 0.141. The molecule has 0 bridgehead atoms. The van der Waals surface area contributed by atoms with Crippen molar-refractivity contribution in [3.63, 3.8) is 0 Å². The fraction of sp³-hybridized carbons (Fsp3) is 0.909. The summed E-state index contributed by atoms with van der Waals surface area (Å²) in [6.45, 7) is 3.86. The van der Waals surface area contributed by atoms with Gasteiger partial charge in [0.2, 0.25) is 0 Å². The van der Waals surface area contributed by atoms with Gasteiger partial charge in [-0.3, -0.25) is 0 Å². The van der Waals surface area contributed by atoms with E-state index in [1.807, 2.05) is 0 Å². The van der Waals surface area contributed by atoms with E-state index in [0.29, 0.717) is 0 Å². The van der Waals surface area contributed by atoms with Gasteiger partial charge in [-0.05, 0) is 26.7 Å². The highest BCUT2D eigenvalue weighted by molar-refractivity contribution is 5.60. The first-order valence-corrected chi connectivity index (χ1v) is 5.64. The minimum atomic E-state index is -0.611. The SMILES string of the molecule is CC(C)OC(=O)OCC1(N)CCCCC1. The highest BCUT2D eigenvalue weighted by Crippen LogP contribution is 2.26. The van der Waals surface area contributed by atoms with Crippen molar-refractivity contribution in [3.8, 4) is 0 Å². The van der Waals surface area contributed by atoms with Crippen LogP contribution in [0.4, 0.5) is 4.79 Å². The Kier molecular flexibility index (Phi) is 4.39. The van der Waals surface area contributed by atoms with Crippen molar-refractivity contribution >= 4 is 6.16 Å². The molecule has 0 aliphatic heterocycles.